The van der Waals surface area contributed by atoms with Crippen LogP contribution in [0.1, 0.15) is 57.8 Å². The van der Waals surface area contributed by atoms with Crippen LogP contribution in [0, 0.1) is 11.3 Å². The summed E-state index contributed by atoms with van der Waals surface area (Å²) in [6.45, 7) is 7.05. The van der Waals surface area contributed by atoms with Crippen LogP contribution < -0.4 is 5.32 Å². The SMILES string of the molecule is CCc1nn(C)c(CC(NC)C2CCCCC2(C)C)c1Br. The lowest BCUT2D eigenvalue weighted by Crippen LogP contribution is -2.45. The topological polar surface area (TPSA) is 29.9 Å². The Balaban J connectivity index is 2.21. The normalized spacial score (nSPS) is 23.2. The van der Waals surface area contributed by atoms with Crippen LogP contribution in [0.4, 0.5) is 0 Å². The van der Waals surface area contributed by atoms with Gasteiger partial charge in [-0.2, -0.15) is 5.10 Å². The quantitative estimate of drug-likeness (QED) is 0.861. The van der Waals surface area contributed by atoms with Gasteiger partial charge in [0.15, 0.2) is 0 Å². The molecule has 4 heteroatoms. The zero-order valence-electron chi connectivity index (χ0n) is 14.2. The molecular formula is C17H30BrN3. The van der Waals surface area contributed by atoms with Crippen LogP contribution in [-0.2, 0) is 19.9 Å². The highest BCUT2D eigenvalue weighted by Crippen LogP contribution is 2.43. The molecule has 0 radical (unpaired) electrons. The van der Waals surface area contributed by atoms with Gasteiger partial charge in [-0.3, -0.25) is 4.68 Å². The standard InChI is InChI=1S/C17H30BrN3/c1-6-13-16(18)15(21(5)20-13)11-14(19-4)12-9-7-8-10-17(12,2)3/h12,14,19H,6-11H2,1-5H3. The number of likely N-dealkylation sites (N-methyl/N-ethyl adjacent to an activating group) is 1. The number of hydrogen-bond acceptors (Lipinski definition) is 2. The van der Waals surface area contributed by atoms with E-state index < -0.39 is 0 Å². The Hall–Kier alpha value is -0.350. The molecule has 0 amide bonds. The van der Waals surface area contributed by atoms with Crippen LogP contribution in [0.25, 0.3) is 0 Å². The molecule has 0 aromatic carbocycles. The van der Waals surface area contributed by atoms with Gasteiger partial charge in [-0.25, -0.2) is 0 Å². The van der Waals surface area contributed by atoms with E-state index in [1.807, 2.05) is 0 Å². The van der Waals surface area contributed by atoms with Gasteiger partial charge in [-0.1, -0.05) is 33.6 Å². The maximum atomic E-state index is 4.64. The zero-order chi connectivity index (χ0) is 15.6. The van der Waals surface area contributed by atoms with Crippen molar-refractivity contribution in [3.63, 3.8) is 0 Å². The molecule has 1 heterocycles. The molecule has 2 unspecified atom stereocenters. The molecule has 1 fully saturated rings. The first-order valence-corrected chi connectivity index (χ1v) is 9.07. The number of nitrogens with one attached hydrogen (secondary N) is 1. The summed E-state index contributed by atoms with van der Waals surface area (Å²) >= 11 is 3.76. The van der Waals surface area contributed by atoms with Gasteiger partial charge in [0.2, 0.25) is 0 Å². The second-order valence-electron chi connectivity index (χ2n) is 7.12. The van der Waals surface area contributed by atoms with Gasteiger partial charge in [0.05, 0.1) is 15.9 Å². The third kappa shape index (κ3) is 3.53. The van der Waals surface area contributed by atoms with Crippen molar-refractivity contribution in [1.82, 2.24) is 15.1 Å². The molecule has 3 nitrogen and oxygen atoms in total. The van der Waals surface area contributed by atoms with Crippen molar-refractivity contribution in [2.24, 2.45) is 18.4 Å². The molecule has 1 N–H and O–H groups in total. The van der Waals surface area contributed by atoms with Crippen LogP contribution >= 0.6 is 15.9 Å². The fraction of sp³-hybridized carbons (Fsp3) is 0.824. The molecule has 1 aliphatic rings. The first-order chi connectivity index (χ1) is 9.90. The Morgan fingerprint density at radius 3 is 2.67 bits per heavy atom. The number of aromatic nitrogens is 2. The van der Waals surface area contributed by atoms with E-state index in [-0.39, 0.29) is 0 Å². The highest BCUT2D eigenvalue weighted by Gasteiger charge is 2.37. The predicted molar refractivity (Wildman–Crippen MR) is 92.6 cm³/mol. The second-order valence-corrected chi connectivity index (χ2v) is 7.92. The van der Waals surface area contributed by atoms with Crippen LogP contribution in [0.3, 0.4) is 0 Å². The van der Waals surface area contributed by atoms with E-state index in [1.54, 1.807) is 0 Å². The monoisotopic (exact) mass is 355 g/mol. The average Bonchev–Trinajstić information content (AvgIpc) is 2.71. The Kier molecular flexibility index (Phi) is 5.53. The average molecular weight is 356 g/mol. The zero-order valence-corrected chi connectivity index (χ0v) is 15.8. The van der Waals surface area contributed by atoms with E-state index in [2.05, 4.69) is 65.9 Å². The molecule has 0 aliphatic heterocycles. The van der Waals surface area contributed by atoms with E-state index in [1.165, 1.54) is 41.5 Å². The van der Waals surface area contributed by atoms with Crippen molar-refractivity contribution in [3.8, 4) is 0 Å². The summed E-state index contributed by atoms with van der Waals surface area (Å²) in [6.07, 6.45) is 7.48. The van der Waals surface area contributed by atoms with Crippen LogP contribution in [-0.4, -0.2) is 22.9 Å². The number of nitrogens with zero attached hydrogens (tertiary/aromatic N) is 2. The minimum atomic E-state index is 0.435. The van der Waals surface area contributed by atoms with Gasteiger partial charge >= 0.3 is 0 Å². The summed E-state index contributed by atoms with van der Waals surface area (Å²) in [5.74, 6) is 0.739. The van der Waals surface area contributed by atoms with Gasteiger partial charge in [0.1, 0.15) is 0 Å². The molecular weight excluding hydrogens is 326 g/mol. The molecule has 1 saturated carbocycles. The third-order valence-corrected chi connectivity index (χ3v) is 6.28. The molecule has 2 atom stereocenters. The Morgan fingerprint density at radius 1 is 1.43 bits per heavy atom. The second kappa shape index (κ2) is 6.82. The van der Waals surface area contributed by atoms with Crippen LogP contribution in [0.15, 0.2) is 4.47 Å². The number of rotatable bonds is 5. The maximum Gasteiger partial charge on any atom is 0.0766 e. The first kappa shape index (κ1) is 17.0. The van der Waals surface area contributed by atoms with Crippen molar-refractivity contribution < 1.29 is 0 Å². The van der Waals surface area contributed by atoms with E-state index in [0.29, 0.717) is 11.5 Å². The molecule has 1 aliphatic carbocycles. The summed E-state index contributed by atoms with van der Waals surface area (Å²) in [4.78, 5) is 0. The van der Waals surface area contributed by atoms with Gasteiger partial charge in [-0.15, -0.1) is 0 Å². The molecule has 21 heavy (non-hydrogen) atoms. The summed E-state index contributed by atoms with van der Waals surface area (Å²) < 4.78 is 3.27. The number of hydrogen-bond donors (Lipinski definition) is 1. The van der Waals surface area contributed by atoms with Crippen LogP contribution in [0.2, 0.25) is 0 Å². The molecule has 0 saturated heterocycles. The van der Waals surface area contributed by atoms with Gasteiger partial charge < -0.3 is 5.32 Å². The maximum absolute atomic E-state index is 4.64. The summed E-state index contributed by atoms with van der Waals surface area (Å²) in [6, 6.07) is 0.525. The highest BCUT2D eigenvalue weighted by molar-refractivity contribution is 9.10. The molecule has 120 valence electrons. The van der Waals surface area contributed by atoms with Gasteiger partial charge in [0, 0.05) is 19.5 Å². The van der Waals surface area contributed by atoms with Crippen molar-refractivity contribution >= 4 is 15.9 Å². The van der Waals surface area contributed by atoms with E-state index in [4.69, 9.17) is 0 Å². The Morgan fingerprint density at radius 2 is 2.14 bits per heavy atom. The lowest BCUT2D eigenvalue weighted by Gasteiger charge is -2.43. The Bertz CT molecular complexity index is 479. The lowest BCUT2D eigenvalue weighted by atomic mass is 9.65. The number of aryl methyl sites for hydroxylation is 2. The Labute approximate surface area is 138 Å². The fourth-order valence-corrected chi connectivity index (χ4v) is 4.74. The highest BCUT2D eigenvalue weighted by atomic mass is 79.9. The minimum Gasteiger partial charge on any atom is -0.316 e. The van der Waals surface area contributed by atoms with Crippen molar-refractivity contribution in [3.05, 3.63) is 15.9 Å². The van der Waals surface area contributed by atoms with Crippen molar-refractivity contribution in [2.45, 2.75) is 65.3 Å². The smallest absolute Gasteiger partial charge is 0.0766 e. The summed E-state index contributed by atoms with van der Waals surface area (Å²) in [5, 5.41) is 8.24. The largest absolute Gasteiger partial charge is 0.316 e. The van der Waals surface area contributed by atoms with Crippen LogP contribution in [0.5, 0.6) is 0 Å². The van der Waals surface area contributed by atoms with Crippen molar-refractivity contribution in [1.29, 1.82) is 0 Å². The molecule has 2 rings (SSSR count). The number of halogens is 1. The van der Waals surface area contributed by atoms with Gasteiger partial charge in [-0.05, 0) is 53.6 Å². The summed E-state index contributed by atoms with van der Waals surface area (Å²) in [7, 11) is 4.18. The lowest BCUT2D eigenvalue weighted by molar-refractivity contribution is 0.100. The summed E-state index contributed by atoms with van der Waals surface area (Å²) in [5.41, 5.74) is 2.93. The minimum absolute atomic E-state index is 0.435. The molecule has 0 spiro atoms. The first-order valence-electron chi connectivity index (χ1n) is 8.28. The third-order valence-electron chi connectivity index (χ3n) is 5.36. The van der Waals surface area contributed by atoms with E-state index >= 15 is 0 Å². The predicted octanol–water partition coefficient (Wildman–Crippen LogP) is 4.09. The fourth-order valence-electron chi connectivity index (χ4n) is 3.96. The molecule has 0 bridgehead atoms. The molecule has 1 aromatic rings. The van der Waals surface area contributed by atoms with Gasteiger partial charge in [0.25, 0.3) is 0 Å². The van der Waals surface area contributed by atoms with E-state index in [9.17, 15) is 0 Å². The van der Waals surface area contributed by atoms with Crippen molar-refractivity contribution in [2.75, 3.05) is 7.05 Å². The van der Waals surface area contributed by atoms with E-state index in [0.717, 1.165) is 18.8 Å². The molecule has 1 aromatic heterocycles.